The Morgan fingerprint density at radius 3 is 1.46 bits per heavy atom. The molecule has 0 bridgehead atoms. The Labute approximate surface area is 171 Å². The molecule has 0 aliphatic carbocycles. The van der Waals surface area contributed by atoms with Crippen LogP contribution >= 0.6 is 31.9 Å². The summed E-state index contributed by atoms with van der Waals surface area (Å²) in [6.07, 6.45) is 0. The van der Waals surface area contributed by atoms with Crippen molar-refractivity contribution in [2.24, 2.45) is 0 Å². The van der Waals surface area contributed by atoms with E-state index in [4.69, 9.17) is 9.31 Å². The Kier molecular flexibility index (Phi) is 5.51. The van der Waals surface area contributed by atoms with Crippen LogP contribution in [0.25, 0.3) is 5.57 Å². The maximum Gasteiger partial charge on any atom is 0.525 e. The first-order chi connectivity index (χ1) is 12.1. The summed E-state index contributed by atoms with van der Waals surface area (Å²) >= 11 is 6.86. The maximum atomic E-state index is 15.6. The Hall–Kier alpha value is -0.945. The van der Waals surface area contributed by atoms with E-state index < -0.39 is 24.0 Å². The molecule has 1 aliphatic rings. The molecule has 1 fully saturated rings. The minimum Gasteiger partial charge on any atom is -0.398 e. The van der Waals surface area contributed by atoms with E-state index in [1.807, 2.05) is 76.2 Å². The molecule has 3 rings (SSSR count). The van der Waals surface area contributed by atoms with Gasteiger partial charge in [0.2, 0.25) is 0 Å². The Bertz CT molecular complexity index is 766. The lowest BCUT2D eigenvalue weighted by atomic mass is 9.80. The number of halogens is 3. The van der Waals surface area contributed by atoms with Gasteiger partial charge in [0.15, 0.2) is 0 Å². The zero-order valence-corrected chi connectivity index (χ0v) is 18.3. The second-order valence-electron chi connectivity index (χ2n) is 7.32. The number of benzene rings is 2. The molecule has 2 nitrogen and oxygen atoms in total. The number of hydrogen-bond donors (Lipinski definition) is 0. The summed E-state index contributed by atoms with van der Waals surface area (Å²) in [7, 11) is -1.04. The van der Waals surface area contributed by atoms with Crippen LogP contribution < -0.4 is 0 Å². The van der Waals surface area contributed by atoms with Crippen molar-refractivity contribution in [1.29, 1.82) is 0 Å². The van der Waals surface area contributed by atoms with Gasteiger partial charge in [0.1, 0.15) is 5.73 Å². The smallest absolute Gasteiger partial charge is 0.398 e. The van der Waals surface area contributed by atoms with Crippen molar-refractivity contribution in [3.63, 3.8) is 0 Å². The molecule has 0 amide bonds. The molecule has 1 heterocycles. The van der Waals surface area contributed by atoms with Gasteiger partial charge < -0.3 is 9.31 Å². The predicted octanol–water partition coefficient (Wildman–Crippen LogP) is 6.57. The summed E-state index contributed by atoms with van der Waals surface area (Å²) in [5.74, 6) is 0. The van der Waals surface area contributed by atoms with E-state index in [9.17, 15) is 0 Å². The fourth-order valence-corrected chi connectivity index (χ4v) is 3.27. The van der Waals surface area contributed by atoms with Crippen molar-refractivity contribution in [2.75, 3.05) is 0 Å². The van der Waals surface area contributed by atoms with Gasteiger partial charge in [0, 0.05) is 14.5 Å². The molecule has 0 unspecified atom stereocenters. The van der Waals surface area contributed by atoms with E-state index in [0.717, 1.165) is 20.1 Å². The lowest BCUT2D eigenvalue weighted by molar-refractivity contribution is 0.00578. The minimum absolute atomic E-state index is 0.423. The highest BCUT2D eigenvalue weighted by atomic mass is 79.9. The lowest BCUT2D eigenvalue weighted by Gasteiger charge is -2.32. The summed E-state index contributed by atoms with van der Waals surface area (Å²) < 4.78 is 29.4. The molecule has 0 spiro atoms. The van der Waals surface area contributed by atoms with Crippen molar-refractivity contribution in [3.05, 3.63) is 74.3 Å². The van der Waals surface area contributed by atoms with Gasteiger partial charge in [-0.1, -0.05) is 56.1 Å². The second kappa shape index (κ2) is 7.23. The standard InChI is InChI=1S/C20H20BBr2FO2/c1-19(2)20(3,4)26-21(25-19)18(24)17(13-5-9-15(22)10-6-13)14-7-11-16(23)12-8-14/h5-12H,1-4H3. The van der Waals surface area contributed by atoms with E-state index in [0.29, 0.717) is 5.57 Å². The van der Waals surface area contributed by atoms with Crippen LogP contribution in [0.15, 0.2) is 63.2 Å². The lowest BCUT2D eigenvalue weighted by Crippen LogP contribution is -2.41. The molecule has 2 aromatic carbocycles. The topological polar surface area (TPSA) is 18.5 Å². The molecule has 0 radical (unpaired) electrons. The fraction of sp³-hybridized carbons (Fsp3) is 0.300. The highest BCUT2D eigenvalue weighted by Crippen LogP contribution is 2.41. The number of rotatable bonds is 3. The first-order valence-electron chi connectivity index (χ1n) is 8.38. The summed E-state index contributed by atoms with van der Waals surface area (Å²) in [6, 6.07) is 15.1. The maximum absolute atomic E-state index is 15.6. The van der Waals surface area contributed by atoms with Gasteiger partial charge in [-0.25, -0.2) is 4.39 Å². The molecular formula is C20H20BBr2FO2. The third kappa shape index (κ3) is 3.84. The molecule has 6 heteroatoms. The molecule has 0 N–H and O–H groups in total. The van der Waals surface area contributed by atoms with Crippen LogP contribution in [0.5, 0.6) is 0 Å². The third-order valence-corrected chi connectivity index (χ3v) is 6.02. The van der Waals surface area contributed by atoms with Gasteiger partial charge in [0.05, 0.1) is 11.2 Å². The van der Waals surface area contributed by atoms with Crippen LogP contribution in [0.1, 0.15) is 38.8 Å². The first-order valence-corrected chi connectivity index (χ1v) is 9.96. The highest BCUT2D eigenvalue weighted by molar-refractivity contribution is 9.10. The normalized spacial score (nSPS) is 18.0. The van der Waals surface area contributed by atoms with Crippen LogP contribution in [0.2, 0.25) is 0 Å². The van der Waals surface area contributed by atoms with Crippen molar-refractivity contribution in [1.82, 2.24) is 0 Å². The van der Waals surface area contributed by atoms with Crippen molar-refractivity contribution in [2.45, 2.75) is 38.9 Å². The zero-order valence-electron chi connectivity index (χ0n) is 15.1. The van der Waals surface area contributed by atoms with Gasteiger partial charge in [-0.15, -0.1) is 0 Å². The monoisotopic (exact) mass is 480 g/mol. The van der Waals surface area contributed by atoms with Gasteiger partial charge in [0.25, 0.3) is 0 Å². The molecule has 1 saturated heterocycles. The van der Waals surface area contributed by atoms with Crippen LogP contribution in [0, 0.1) is 0 Å². The van der Waals surface area contributed by atoms with Crippen LogP contribution in [-0.2, 0) is 9.31 Å². The first kappa shape index (κ1) is 19.8. The van der Waals surface area contributed by atoms with Gasteiger partial charge >= 0.3 is 7.12 Å². The van der Waals surface area contributed by atoms with E-state index in [2.05, 4.69) is 31.9 Å². The molecule has 136 valence electrons. The second-order valence-corrected chi connectivity index (χ2v) is 9.16. The predicted molar refractivity (Wildman–Crippen MR) is 111 cm³/mol. The van der Waals surface area contributed by atoms with Gasteiger partial charge in [-0.05, 0) is 63.1 Å². The third-order valence-electron chi connectivity index (χ3n) is 4.96. The quantitative estimate of drug-likeness (QED) is 0.461. The zero-order chi connectivity index (χ0) is 19.1. The Morgan fingerprint density at radius 1 is 0.769 bits per heavy atom. The SMILES string of the molecule is CC1(C)OB(C(F)=C(c2ccc(Br)cc2)c2ccc(Br)cc2)OC1(C)C. The van der Waals surface area contributed by atoms with Crippen LogP contribution in [-0.4, -0.2) is 18.3 Å². The van der Waals surface area contributed by atoms with E-state index in [-0.39, 0.29) is 0 Å². The molecule has 0 saturated carbocycles. The van der Waals surface area contributed by atoms with Crippen LogP contribution in [0.4, 0.5) is 4.39 Å². The molecule has 0 aromatic heterocycles. The van der Waals surface area contributed by atoms with E-state index in [1.54, 1.807) is 0 Å². The minimum atomic E-state index is -1.04. The van der Waals surface area contributed by atoms with Crippen LogP contribution in [0.3, 0.4) is 0 Å². The fourth-order valence-electron chi connectivity index (χ4n) is 2.74. The van der Waals surface area contributed by atoms with Crippen molar-refractivity contribution < 1.29 is 13.7 Å². The van der Waals surface area contributed by atoms with Gasteiger partial charge in [-0.3, -0.25) is 0 Å². The Morgan fingerprint density at radius 2 is 1.12 bits per heavy atom. The average molecular weight is 482 g/mol. The summed E-state index contributed by atoms with van der Waals surface area (Å²) in [6.45, 7) is 7.66. The molecular weight excluding hydrogens is 462 g/mol. The van der Waals surface area contributed by atoms with E-state index in [1.165, 1.54) is 0 Å². The summed E-state index contributed by atoms with van der Waals surface area (Å²) in [4.78, 5) is 0. The number of hydrogen-bond acceptors (Lipinski definition) is 2. The molecule has 1 aliphatic heterocycles. The van der Waals surface area contributed by atoms with Crippen molar-refractivity contribution >= 4 is 44.6 Å². The average Bonchev–Trinajstić information content (AvgIpc) is 2.79. The van der Waals surface area contributed by atoms with Gasteiger partial charge in [-0.2, -0.15) is 0 Å². The molecule has 0 atom stereocenters. The summed E-state index contributed by atoms with van der Waals surface area (Å²) in [5.41, 5.74) is 0.390. The Balaban J connectivity index is 2.12. The summed E-state index contributed by atoms with van der Waals surface area (Å²) in [5, 5.41) is 0. The molecule has 26 heavy (non-hydrogen) atoms. The highest BCUT2D eigenvalue weighted by Gasteiger charge is 2.53. The van der Waals surface area contributed by atoms with Crippen molar-refractivity contribution in [3.8, 4) is 0 Å². The molecule has 2 aromatic rings. The largest absolute Gasteiger partial charge is 0.525 e. The van der Waals surface area contributed by atoms with E-state index >= 15 is 4.39 Å².